The molecule has 15 heavy (non-hydrogen) atoms. The number of allylic oxidation sites excluding steroid dienone is 1. The molecule has 1 aromatic rings. The number of unbranched alkanes of at least 4 members (excludes halogenated alkanes) is 1. The Labute approximate surface area is 99.3 Å². The second-order valence-corrected chi connectivity index (χ2v) is 4.15. The lowest BCUT2D eigenvalue weighted by atomic mass is 10.2. The molecule has 0 saturated heterocycles. The van der Waals surface area contributed by atoms with Crippen molar-refractivity contribution in [2.45, 2.75) is 19.4 Å². The van der Waals surface area contributed by atoms with Crippen LogP contribution in [0, 0.1) is 0 Å². The summed E-state index contributed by atoms with van der Waals surface area (Å²) in [5.41, 5.74) is 6.66. The molecule has 0 atom stereocenters. The van der Waals surface area contributed by atoms with Gasteiger partial charge in [0.2, 0.25) is 0 Å². The van der Waals surface area contributed by atoms with Crippen LogP contribution in [0.1, 0.15) is 18.4 Å². The third-order valence-electron chi connectivity index (χ3n) is 2.05. The van der Waals surface area contributed by atoms with E-state index in [0.717, 1.165) is 28.6 Å². The van der Waals surface area contributed by atoms with E-state index in [4.69, 9.17) is 10.5 Å². The lowest BCUT2D eigenvalue weighted by molar-refractivity contribution is 0.309. The predicted octanol–water partition coefficient (Wildman–Crippen LogP) is 3.25. The van der Waals surface area contributed by atoms with Gasteiger partial charge in [-0.2, -0.15) is 0 Å². The molecule has 1 aromatic carbocycles. The predicted molar refractivity (Wildman–Crippen MR) is 67.0 cm³/mol. The van der Waals surface area contributed by atoms with E-state index < -0.39 is 0 Å². The minimum Gasteiger partial charge on any atom is -0.493 e. The summed E-state index contributed by atoms with van der Waals surface area (Å²) in [5.74, 6) is 0.879. The zero-order valence-corrected chi connectivity index (χ0v) is 10.3. The van der Waals surface area contributed by atoms with E-state index in [1.54, 1.807) is 0 Å². The van der Waals surface area contributed by atoms with Crippen LogP contribution in [0.15, 0.2) is 35.3 Å². The standard InChI is InChI=1S/C12H16BrNO/c1-2-3-4-7-15-12-6-5-11(13)8-10(12)9-14/h2,5-6,8H,1,3-4,7,9,14H2. The topological polar surface area (TPSA) is 35.2 Å². The summed E-state index contributed by atoms with van der Waals surface area (Å²) in [6.07, 6.45) is 3.87. The Kier molecular flexibility index (Phi) is 5.43. The monoisotopic (exact) mass is 269 g/mol. The van der Waals surface area contributed by atoms with Crippen molar-refractivity contribution >= 4 is 15.9 Å². The summed E-state index contributed by atoms with van der Waals surface area (Å²) in [6, 6.07) is 5.89. The molecule has 0 aliphatic rings. The third-order valence-corrected chi connectivity index (χ3v) is 2.55. The van der Waals surface area contributed by atoms with Crippen molar-refractivity contribution < 1.29 is 4.74 Å². The number of nitrogens with two attached hydrogens (primary N) is 1. The maximum Gasteiger partial charge on any atom is 0.123 e. The van der Waals surface area contributed by atoms with E-state index in [1.165, 1.54) is 0 Å². The van der Waals surface area contributed by atoms with Crippen molar-refractivity contribution in [2.75, 3.05) is 6.61 Å². The minimum absolute atomic E-state index is 0.496. The molecule has 0 aliphatic heterocycles. The Bertz CT molecular complexity index is 325. The molecule has 0 fully saturated rings. The minimum atomic E-state index is 0.496. The van der Waals surface area contributed by atoms with Gasteiger partial charge in [-0.3, -0.25) is 0 Å². The van der Waals surface area contributed by atoms with Crippen LogP contribution in [0.4, 0.5) is 0 Å². The van der Waals surface area contributed by atoms with E-state index in [-0.39, 0.29) is 0 Å². The van der Waals surface area contributed by atoms with Gasteiger partial charge in [-0.25, -0.2) is 0 Å². The maximum atomic E-state index is 5.64. The van der Waals surface area contributed by atoms with Gasteiger partial charge in [0.15, 0.2) is 0 Å². The van der Waals surface area contributed by atoms with Crippen molar-refractivity contribution in [1.82, 2.24) is 0 Å². The molecule has 0 saturated carbocycles. The van der Waals surface area contributed by atoms with Gasteiger partial charge in [-0.1, -0.05) is 22.0 Å². The van der Waals surface area contributed by atoms with Crippen LogP contribution in [0.5, 0.6) is 5.75 Å². The molecule has 0 heterocycles. The summed E-state index contributed by atoms with van der Waals surface area (Å²) < 4.78 is 6.67. The lowest BCUT2D eigenvalue weighted by Crippen LogP contribution is -2.03. The van der Waals surface area contributed by atoms with E-state index in [1.807, 2.05) is 24.3 Å². The van der Waals surface area contributed by atoms with Gasteiger partial charge in [-0.05, 0) is 31.0 Å². The van der Waals surface area contributed by atoms with Crippen molar-refractivity contribution in [2.24, 2.45) is 5.73 Å². The molecule has 0 aromatic heterocycles. The number of benzene rings is 1. The lowest BCUT2D eigenvalue weighted by Gasteiger charge is -2.10. The number of ether oxygens (including phenoxy) is 1. The number of halogens is 1. The molecule has 0 aliphatic carbocycles. The zero-order valence-electron chi connectivity index (χ0n) is 8.71. The molecule has 82 valence electrons. The van der Waals surface area contributed by atoms with Gasteiger partial charge >= 0.3 is 0 Å². The Morgan fingerprint density at radius 2 is 2.27 bits per heavy atom. The van der Waals surface area contributed by atoms with Crippen LogP contribution in [-0.2, 0) is 6.54 Å². The van der Waals surface area contributed by atoms with Crippen molar-refractivity contribution in [3.05, 3.63) is 40.9 Å². The zero-order chi connectivity index (χ0) is 11.1. The van der Waals surface area contributed by atoms with Gasteiger partial charge in [0, 0.05) is 16.6 Å². The smallest absolute Gasteiger partial charge is 0.123 e. The summed E-state index contributed by atoms with van der Waals surface area (Å²) in [6.45, 7) is 4.87. The second kappa shape index (κ2) is 6.64. The maximum absolute atomic E-state index is 5.64. The van der Waals surface area contributed by atoms with Crippen LogP contribution in [0.2, 0.25) is 0 Å². The van der Waals surface area contributed by atoms with E-state index >= 15 is 0 Å². The van der Waals surface area contributed by atoms with E-state index in [2.05, 4.69) is 22.5 Å². The first-order valence-electron chi connectivity index (χ1n) is 5.00. The Hall–Kier alpha value is -0.800. The third kappa shape index (κ3) is 4.06. The second-order valence-electron chi connectivity index (χ2n) is 3.24. The normalized spacial score (nSPS) is 10.0. The van der Waals surface area contributed by atoms with Gasteiger partial charge < -0.3 is 10.5 Å². The highest BCUT2D eigenvalue weighted by Gasteiger charge is 2.02. The number of hydrogen-bond acceptors (Lipinski definition) is 2. The fourth-order valence-corrected chi connectivity index (χ4v) is 1.67. The fraction of sp³-hybridized carbons (Fsp3) is 0.333. The molecule has 1 rings (SSSR count). The Balaban J connectivity index is 2.55. The fourth-order valence-electron chi connectivity index (χ4n) is 1.26. The highest BCUT2D eigenvalue weighted by Crippen LogP contribution is 2.22. The first kappa shape index (κ1) is 12.3. The average molecular weight is 270 g/mol. The average Bonchev–Trinajstić information content (AvgIpc) is 2.26. The number of hydrogen-bond donors (Lipinski definition) is 1. The quantitative estimate of drug-likeness (QED) is 0.636. The SMILES string of the molecule is C=CCCCOc1ccc(Br)cc1CN. The largest absolute Gasteiger partial charge is 0.493 e. The molecule has 0 radical (unpaired) electrons. The molecule has 3 heteroatoms. The molecule has 2 nitrogen and oxygen atoms in total. The number of rotatable bonds is 6. The first-order valence-corrected chi connectivity index (χ1v) is 5.79. The molecule has 0 spiro atoms. The van der Waals surface area contributed by atoms with Crippen LogP contribution in [0.3, 0.4) is 0 Å². The van der Waals surface area contributed by atoms with Crippen molar-refractivity contribution in [1.29, 1.82) is 0 Å². The Morgan fingerprint density at radius 1 is 1.47 bits per heavy atom. The van der Waals surface area contributed by atoms with Crippen LogP contribution < -0.4 is 10.5 Å². The highest BCUT2D eigenvalue weighted by molar-refractivity contribution is 9.10. The molecular weight excluding hydrogens is 254 g/mol. The van der Waals surface area contributed by atoms with Gasteiger partial charge in [0.1, 0.15) is 5.75 Å². The van der Waals surface area contributed by atoms with Crippen LogP contribution in [-0.4, -0.2) is 6.61 Å². The summed E-state index contributed by atoms with van der Waals surface area (Å²) in [4.78, 5) is 0. The van der Waals surface area contributed by atoms with Crippen LogP contribution >= 0.6 is 15.9 Å². The molecule has 0 unspecified atom stereocenters. The molecule has 2 N–H and O–H groups in total. The molecule has 0 bridgehead atoms. The van der Waals surface area contributed by atoms with Crippen LogP contribution in [0.25, 0.3) is 0 Å². The molecule has 0 amide bonds. The van der Waals surface area contributed by atoms with Gasteiger partial charge in [-0.15, -0.1) is 6.58 Å². The first-order chi connectivity index (χ1) is 7.27. The summed E-state index contributed by atoms with van der Waals surface area (Å²) >= 11 is 3.41. The van der Waals surface area contributed by atoms with Gasteiger partial charge in [0.05, 0.1) is 6.61 Å². The van der Waals surface area contributed by atoms with Gasteiger partial charge in [0.25, 0.3) is 0 Å². The molecular formula is C12H16BrNO. The van der Waals surface area contributed by atoms with Crippen molar-refractivity contribution in [3.8, 4) is 5.75 Å². The van der Waals surface area contributed by atoms with E-state index in [0.29, 0.717) is 13.2 Å². The van der Waals surface area contributed by atoms with E-state index in [9.17, 15) is 0 Å². The summed E-state index contributed by atoms with van der Waals surface area (Å²) in [7, 11) is 0. The Morgan fingerprint density at radius 3 is 2.93 bits per heavy atom. The highest BCUT2D eigenvalue weighted by atomic mass is 79.9. The summed E-state index contributed by atoms with van der Waals surface area (Å²) in [5, 5.41) is 0. The van der Waals surface area contributed by atoms with Crippen molar-refractivity contribution in [3.63, 3.8) is 0 Å².